The average molecular weight is 131 g/mol. The molecule has 0 spiro atoms. The second kappa shape index (κ2) is 2.09. The second-order valence-electron chi connectivity index (χ2n) is 1.49. The molecule has 0 bridgehead atoms. The molecule has 0 aromatic heterocycles. The largest absolute Gasteiger partial charge is 0.468 e. The Labute approximate surface area is 52.0 Å². The van der Waals surface area contributed by atoms with Gasteiger partial charge in [-0.05, 0) is 12.2 Å². The van der Waals surface area contributed by atoms with E-state index in [0.29, 0.717) is 11.8 Å². The first kappa shape index (κ1) is 5.50. The van der Waals surface area contributed by atoms with E-state index in [1.165, 1.54) is 0 Å². The Kier molecular flexibility index (Phi) is 1.43. The standard InChI is InChI=1S/C4H5NO2S/c6-1-3-2-7-4(8)5-3/h1,3H,2H2,(H,5,8). The number of carbonyl (C=O) groups is 1. The van der Waals surface area contributed by atoms with Gasteiger partial charge < -0.3 is 14.8 Å². The summed E-state index contributed by atoms with van der Waals surface area (Å²) in [7, 11) is 0. The summed E-state index contributed by atoms with van der Waals surface area (Å²) in [5.41, 5.74) is 0. The van der Waals surface area contributed by atoms with Crippen molar-refractivity contribution in [2.75, 3.05) is 6.61 Å². The van der Waals surface area contributed by atoms with E-state index in [1.807, 2.05) is 0 Å². The van der Waals surface area contributed by atoms with Crippen molar-refractivity contribution in [3.63, 3.8) is 0 Å². The molecule has 0 aliphatic carbocycles. The SMILES string of the molecule is O=CC1COC(=S)N1. The maximum Gasteiger partial charge on any atom is 0.257 e. The Bertz CT molecular complexity index is 125. The molecular formula is C4H5NO2S. The van der Waals surface area contributed by atoms with Crippen molar-refractivity contribution >= 4 is 23.7 Å². The number of aldehydes is 1. The van der Waals surface area contributed by atoms with E-state index in [1.54, 1.807) is 0 Å². The molecule has 0 aromatic rings. The molecule has 1 N–H and O–H groups in total. The predicted molar refractivity (Wildman–Crippen MR) is 31.5 cm³/mol. The summed E-state index contributed by atoms with van der Waals surface area (Å²) < 4.78 is 4.75. The second-order valence-corrected chi connectivity index (χ2v) is 1.86. The number of carbonyl (C=O) groups excluding carboxylic acids is 1. The number of rotatable bonds is 1. The summed E-state index contributed by atoms with van der Waals surface area (Å²) in [6.07, 6.45) is 0.777. The average Bonchev–Trinajstić information content (AvgIpc) is 2.14. The lowest BCUT2D eigenvalue weighted by molar-refractivity contribution is -0.109. The number of nitrogens with one attached hydrogen (secondary N) is 1. The van der Waals surface area contributed by atoms with E-state index < -0.39 is 0 Å². The predicted octanol–water partition coefficient (Wildman–Crippen LogP) is -0.541. The van der Waals surface area contributed by atoms with Crippen LogP contribution >= 0.6 is 12.2 Å². The maximum absolute atomic E-state index is 9.95. The van der Waals surface area contributed by atoms with Crippen LogP contribution in [-0.4, -0.2) is 24.1 Å². The van der Waals surface area contributed by atoms with Gasteiger partial charge in [0.1, 0.15) is 18.9 Å². The molecule has 0 radical (unpaired) electrons. The molecule has 4 heteroatoms. The van der Waals surface area contributed by atoms with Gasteiger partial charge in [-0.25, -0.2) is 0 Å². The fraction of sp³-hybridized carbons (Fsp3) is 0.500. The molecule has 1 fully saturated rings. The van der Waals surface area contributed by atoms with Gasteiger partial charge >= 0.3 is 0 Å². The first-order valence-corrected chi connectivity index (χ1v) is 2.62. The van der Waals surface area contributed by atoms with Crippen LogP contribution in [0.3, 0.4) is 0 Å². The summed E-state index contributed by atoms with van der Waals surface area (Å²) >= 11 is 4.57. The first-order valence-electron chi connectivity index (χ1n) is 2.21. The fourth-order valence-corrected chi connectivity index (χ4v) is 0.693. The molecular weight excluding hydrogens is 126 g/mol. The Morgan fingerprint density at radius 2 is 2.75 bits per heavy atom. The number of ether oxygens (including phenoxy) is 1. The van der Waals surface area contributed by atoms with E-state index in [0.717, 1.165) is 6.29 Å². The third-order valence-corrected chi connectivity index (χ3v) is 1.10. The fourth-order valence-electron chi connectivity index (χ4n) is 0.473. The third-order valence-electron chi connectivity index (χ3n) is 0.861. The Morgan fingerprint density at radius 1 is 2.00 bits per heavy atom. The van der Waals surface area contributed by atoms with Gasteiger partial charge in [0.05, 0.1) is 0 Å². The van der Waals surface area contributed by atoms with Gasteiger partial charge in [-0.3, -0.25) is 0 Å². The van der Waals surface area contributed by atoms with E-state index in [9.17, 15) is 4.79 Å². The number of hydrogen-bond donors (Lipinski definition) is 1. The van der Waals surface area contributed by atoms with Crippen LogP contribution < -0.4 is 5.32 Å². The van der Waals surface area contributed by atoms with Crippen LogP contribution in [0.5, 0.6) is 0 Å². The zero-order chi connectivity index (χ0) is 5.98. The van der Waals surface area contributed by atoms with E-state index in [-0.39, 0.29) is 6.04 Å². The van der Waals surface area contributed by atoms with Crippen LogP contribution in [0.15, 0.2) is 0 Å². The lowest BCUT2D eigenvalue weighted by atomic mass is 10.4. The molecule has 1 atom stereocenters. The lowest BCUT2D eigenvalue weighted by Crippen LogP contribution is -2.26. The summed E-state index contributed by atoms with van der Waals surface area (Å²) in [5.74, 6) is 0. The minimum Gasteiger partial charge on any atom is -0.468 e. The highest BCUT2D eigenvalue weighted by Crippen LogP contribution is 1.93. The highest BCUT2D eigenvalue weighted by molar-refractivity contribution is 7.80. The van der Waals surface area contributed by atoms with Crippen molar-refractivity contribution in [3.05, 3.63) is 0 Å². The minimum absolute atomic E-state index is 0.220. The molecule has 1 unspecified atom stereocenters. The van der Waals surface area contributed by atoms with Crippen molar-refractivity contribution in [2.45, 2.75) is 6.04 Å². The van der Waals surface area contributed by atoms with Crippen molar-refractivity contribution in [3.8, 4) is 0 Å². The van der Waals surface area contributed by atoms with Crippen molar-refractivity contribution in [2.24, 2.45) is 0 Å². The van der Waals surface area contributed by atoms with E-state index >= 15 is 0 Å². The van der Waals surface area contributed by atoms with Crippen LogP contribution in [0.1, 0.15) is 0 Å². The van der Waals surface area contributed by atoms with Gasteiger partial charge in [-0.1, -0.05) is 0 Å². The van der Waals surface area contributed by atoms with Gasteiger partial charge in [0, 0.05) is 0 Å². The van der Waals surface area contributed by atoms with Crippen molar-refractivity contribution in [1.29, 1.82) is 0 Å². The molecule has 1 rings (SSSR count). The van der Waals surface area contributed by atoms with E-state index in [2.05, 4.69) is 17.5 Å². The molecule has 8 heavy (non-hydrogen) atoms. The quantitative estimate of drug-likeness (QED) is 0.383. The molecule has 1 aliphatic rings. The number of hydrogen-bond acceptors (Lipinski definition) is 3. The smallest absolute Gasteiger partial charge is 0.257 e. The highest BCUT2D eigenvalue weighted by Gasteiger charge is 2.17. The van der Waals surface area contributed by atoms with Crippen LogP contribution in [0.2, 0.25) is 0 Å². The summed E-state index contributed by atoms with van der Waals surface area (Å²) in [6.45, 7) is 0.377. The zero-order valence-electron chi connectivity index (χ0n) is 4.09. The topological polar surface area (TPSA) is 38.3 Å². The van der Waals surface area contributed by atoms with Crippen molar-refractivity contribution in [1.82, 2.24) is 5.32 Å². The van der Waals surface area contributed by atoms with E-state index in [4.69, 9.17) is 4.74 Å². The normalized spacial score (nSPS) is 26.5. The molecule has 44 valence electrons. The minimum atomic E-state index is -0.220. The van der Waals surface area contributed by atoms with Crippen LogP contribution in [-0.2, 0) is 9.53 Å². The molecule has 1 heterocycles. The number of thiocarbonyl (C=S) groups is 1. The summed E-state index contributed by atoms with van der Waals surface area (Å²) in [4.78, 5) is 9.95. The summed E-state index contributed by atoms with van der Waals surface area (Å²) in [5, 5.41) is 2.97. The molecule has 0 amide bonds. The lowest BCUT2D eigenvalue weighted by Gasteiger charge is -1.91. The van der Waals surface area contributed by atoms with Crippen molar-refractivity contribution < 1.29 is 9.53 Å². The van der Waals surface area contributed by atoms with Crippen LogP contribution in [0.25, 0.3) is 0 Å². The van der Waals surface area contributed by atoms with Gasteiger partial charge in [-0.15, -0.1) is 0 Å². The van der Waals surface area contributed by atoms with Gasteiger partial charge in [0.25, 0.3) is 5.17 Å². The third kappa shape index (κ3) is 0.949. The van der Waals surface area contributed by atoms with Gasteiger partial charge in [0.15, 0.2) is 0 Å². The van der Waals surface area contributed by atoms with Crippen LogP contribution in [0, 0.1) is 0 Å². The Morgan fingerprint density at radius 3 is 3.00 bits per heavy atom. The molecule has 1 saturated heterocycles. The maximum atomic E-state index is 9.95. The van der Waals surface area contributed by atoms with Crippen LogP contribution in [0.4, 0.5) is 0 Å². The first-order chi connectivity index (χ1) is 3.83. The van der Waals surface area contributed by atoms with Gasteiger partial charge in [-0.2, -0.15) is 0 Å². The Hall–Kier alpha value is -0.640. The van der Waals surface area contributed by atoms with Gasteiger partial charge in [0.2, 0.25) is 0 Å². The summed E-state index contributed by atoms with van der Waals surface area (Å²) in [6, 6.07) is -0.220. The molecule has 0 aromatic carbocycles. The zero-order valence-corrected chi connectivity index (χ0v) is 4.90. The molecule has 3 nitrogen and oxygen atoms in total. The highest BCUT2D eigenvalue weighted by atomic mass is 32.1. The Balaban J connectivity index is 2.43. The molecule has 0 saturated carbocycles. The molecule has 1 aliphatic heterocycles. The monoisotopic (exact) mass is 131 g/mol.